The van der Waals surface area contributed by atoms with Gasteiger partial charge in [0, 0.05) is 11.4 Å². The Balaban J connectivity index is 1.53. The van der Waals surface area contributed by atoms with Crippen LogP contribution in [-0.4, -0.2) is 0 Å². The third kappa shape index (κ3) is 5.27. The molecule has 3 rings (SSSR count). The number of rotatable bonds is 7. The lowest BCUT2D eigenvalue weighted by Crippen LogP contribution is -2.13. The van der Waals surface area contributed by atoms with E-state index in [1.165, 1.54) is 68.1 Å². The molecule has 0 radical (unpaired) electrons. The number of anilines is 2. The van der Waals surface area contributed by atoms with Gasteiger partial charge in [0.05, 0.1) is 0 Å². The summed E-state index contributed by atoms with van der Waals surface area (Å²) in [6.45, 7) is 2.29. The first kappa shape index (κ1) is 18.8. The van der Waals surface area contributed by atoms with Gasteiger partial charge < -0.3 is 11.5 Å². The minimum atomic E-state index is 0.743. The van der Waals surface area contributed by atoms with E-state index in [-0.39, 0.29) is 0 Å². The molecule has 0 atom stereocenters. The first-order valence-electron chi connectivity index (χ1n) is 10.4. The molecule has 0 heterocycles. The van der Waals surface area contributed by atoms with Crippen molar-refractivity contribution in [2.45, 2.75) is 70.6 Å². The van der Waals surface area contributed by atoms with Crippen LogP contribution in [0.25, 0.3) is 0 Å². The highest BCUT2D eigenvalue weighted by molar-refractivity contribution is 5.55. The van der Waals surface area contributed by atoms with Gasteiger partial charge in [-0.05, 0) is 78.8 Å². The van der Waals surface area contributed by atoms with E-state index in [9.17, 15) is 0 Å². The molecular formula is C24H34N2. The van der Waals surface area contributed by atoms with Crippen molar-refractivity contribution in [1.29, 1.82) is 0 Å². The predicted molar refractivity (Wildman–Crippen MR) is 113 cm³/mol. The Morgan fingerprint density at radius 1 is 0.808 bits per heavy atom. The molecule has 2 aromatic rings. The molecule has 0 amide bonds. The highest BCUT2D eigenvalue weighted by Crippen LogP contribution is 2.37. The van der Waals surface area contributed by atoms with E-state index in [1.807, 2.05) is 18.2 Å². The molecule has 4 N–H and O–H groups in total. The molecular weight excluding hydrogens is 316 g/mol. The highest BCUT2D eigenvalue weighted by atomic mass is 14.6. The third-order valence-corrected chi connectivity index (χ3v) is 5.96. The van der Waals surface area contributed by atoms with Crippen molar-refractivity contribution < 1.29 is 0 Å². The summed E-state index contributed by atoms with van der Waals surface area (Å²) in [5.41, 5.74) is 17.3. The van der Waals surface area contributed by atoms with Gasteiger partial charge in [0.1, 0.15) is 0 Å². The summed E-state index contributed by atoms with van der Waals surface area (Å²) < 4.78 is 0. The van der Waals surface area contributed by atoms with Crippen LogP contribution in [0.4, 0.5) is 11.4 Å². The van der Waals surface area contributed by atoms with Gasteiger partial charge in [-0.1, -0.05) is 56.9 Å². The number of nitrogen functional groups attached to an aromatic ring is 2. The van der Waals surface area contributed by atoms with Crippen LogP contribution in [0.15, 0.2) is 42.5 Å². The van der Waals surface area contributed by atoms with E-state index in [2.05, 4.69) is 31.2 Å². The van der Waals surface area contributed by atoms with E-state index < -0.39 is 0 Å². The monoisotopic (exact) mass is 350 g/mol. The van der Waals surface area contributed by atoms with E-state index in [1.54, 1.807) is 0 Å². The molecule has 1 fully saturated rings. The van der Waals surface area contributed by atoms with E-state index in [0.717, 1.165) is 29.6 Å². The largest absolute Gasteiger partial charge is 0.399 e. The second kappa shape index (κ2) is 9.12. The number of unbranched alkanes of at least 4 members (excludes halogenated alkanes) is 2. The fourth-order valence-electron chi connectivity index (χ4n) is 4.46. The fraction of sp³-hybridized carbons (Fsp3) is 0.500. The smallest absolute Gasteiger partial charge is 0.0337 e. The lowest BCUT2D eigenvalue weighted by Gasteiger charge is -2.29. The van der Waals surface area contributed by atoms with Gasteiger partial charge in [-0.25, -0.2) is 0 Å². The standard InChI is InChI=1S/C24H34N2/c1-2-3-4-5-18-6-10-21(11-7-18)22-12-8-19(9-13-22)14-20-15-23(25)17-24(26)16-20/h8-9,12-13,15-18,21H,2-7,10-11,14,25-26H2,1H3. The van der Waals surface area contributed by atoms with Crippen LogP contribution in [0.5, 0.6) is 0 Å². The van der Waals surface area contributed by atoms with Crippen molar-refractivity contribution in [3.8, 4) is 0 Å². The Kier molecular flexibility index (Phi) is 6.60. The van der Waals surface area contributed by atoms with Crippen molar-refractivity contribution in [2.24, 2.45) is 5.92 Å². The lowest BCUT2D eigenvalue weighted by atomic mass is 9.77. The predicted octanol–water partition coefficient (Wildman–Crippen LogP) is 6.30. The van der Waals surface area contributed by atoms with Gasteiger partial charge >= 0.3 is 0 Å². The Morgan fingerprint density at radius 3 is 2.08 bits per heavy atom. The molecule has 140 valence electrons. The van der Waals surface area contributed by atoms with Crippen molar-refractivity contribution >= 4 is 11.4 Å². The molecule has 26 heavy (non-hydrogen) atoms. The maximum absolute atomic E-state index is 5.90. The van der Waals surface area contributed by atoms with Gasteiger partial charge in [-0.3, -0.25) is 0 Å². The summed E-state index contributed by atoms with van der Waals surface area (Å²) in [5.74, 6) is 1.74. The zero-order valence-electron chi connectivity index (χ0n) is 16.2. The van der Waals surface area contributed by atoms with Crippen LogP contribution in [0.1, 0.15) is 80.9 Å². The minimum absolute atomic E-state index is 0.743. The number of benzene rings is 2. The van der Waals surface area contributed by atoms with Crippen LogP contribution < -0.4 is 11.5 Å². The Labute approximate surface area is 159 Å². The maximum Gasteiger partial charge on any atom is 0.0337 e. The van der Waals surface area contributed by atoms with Crippen molar-refractivity contribution in [1.82, 2.24) is 0 Å². The first-order valence-corrected chi connectivity index (χ1v) is 10.4. The van der Waals surface area contributed by atoms with Crippen molar-refractivity contribution in [3.05, 3.63) is 59.2 Å². The Hall–Kier alpha value is -1.96. The Morgan fingerprint density at radius 2 is 1.46 bits per heavy atom. The second-order valence-corrected chi connectivity index (χ2v) is 8.14. The van der Waals surface area contributed by atoms with Crippen molar-refractivity contribution in [3.63, 3.8) is 0 Å². The lowest BCUT2D eigenvalue weighted by molar-refractivity contribution is 0.303. The minimum Gasteiger partial charge on any atom is -0.399 e. The average Bonchev–Trinajstić information content (AvgIpc) is 2.62. The van der Waals surface area contributed by atoms with Gasteiger partial charge in [0.2, 0.25) is 0 Å². The molecule has 0 saturated heterocycles. The third-order valence-electron chi connectivity index (χ3n) is 5.96. The summed E-state index contributed by atoms with van der Waals surface area (Å²) in [4.78, 5) is 0. The molecule has 0 spiro atoms. The van der Waals surface area contributed by atoms with Crippen molar-refractivity contribution in [2.75, 3.05) is 11.5 Å². The quantitative estimate of drug-likeness (QED) is 0.455. The summed E-state index contributed by atoms with van der Waals surface area (Å²) in [7, 11) is 0. The van der Waals surface area contributed by atoms with Crippen LogP contribution >= 0.6 is 0 Å². The maximum atomic E-state index is 5.90. The summed E-state index contributed by atoms with van der Waals surface area (Å²) in [6, 6.07) is 15.1. The molecule has 1 aliphatic rings. The molecule has 1 saturated carbocycles. The van der Waals surface area contributed by atoms with Crippen LogP contribution in [-0.2, 0) is 6.42 Å². The molecule has 0 aromatic heterocycles. The topological polar surface area (TPSA) is 52.0 Å². The van der Waals surface area contributed by atoms with E-state index in [0.29, 0.717) is 0 Å². The zero-order chi connectivity index (χ0) is 18.4. The molecule has 0 bridgehead atoms. The SMILES string of the molecule is CCCCCC1CCC(c2ccc(Cc3cc(N)cc(N)c3)cc2)CC1. The molecule has 0 aliphatic heterocycles. The van der Waals surface area contributed by atoms with Gasteiger partial charge in [0.15, 0.2) is 0 Å². The van der Waals surface area contributed by atoms with Gasteiger partial charge in [-0.15, -0.1) is 0 Å². The first-order chi connectivity index (χ1) is 12.6. The molecule has 1 aliphatic carbocycles. The Bertz CT molecular complexity index is 662. The van der Waals surface area contributed by atoms with Crippen LogP contribution in [0, 0.1) is 5.92 Å². The normalized spacial score (nSPS) is 20.2. The number of hydrogen-bond acceptors (Lipinski definition) is 2. The zero-order valence-corrected chi connectivity index (χ0v) is 16.2. The van der Waals surface area contributed by atoms with Gasteiger partial charge in [0.25, 0.3) is 0 Å². The average molecular weight is 351 g/mol. The molecule has 2 nitrogen and oxygen atoms in total. The van der Waals surface area contributed by atoms with Crippen LogP contribution in [0.3, 0.4) is 0 Å². The molecule has 0 unspecified atom stereocenters. The summed E-state index contributed by atoms with van der Waals surface area (Å²) in [6.07, 6.45) is 12.1. The number of nitrogens with two attached hydrogens (primary N) is 2. The summed E-state index contributed by atoms with van der Waals surface area (Å²) in [5, 5.41) is 0. The summed E-state index contributed by atoms with van der Waals surface area (Å²) >= 11 is 0. The molecule has 2 heteroatoms. The van der Waals surface area contributed by atoms with Crippen LogP contribution in [0.2, 0.25) is 0 Å². The van der Waals surface area contributed by atoms with E-state index in [4.69, 9.17) is 11.5 Å². The molecule has 2 aromatic carbocycles. The number of hydrogen-bond donors (Lipinski definition) is 2. The second-order valence-electron chi connectivity index (χ2n) is 8.14. The fourth-order valence-corrected chi connectivity index (χ4v) is 4.46. The van der Waals surface area contributed by atoms with Gasteiger partial charge in [-0.2, -0.15) is 0 Å². The highest BCUT2D eigenvalue weighted by Gasteiger charge is 2.21. The van der Waals surface area contributed by atoms with E-state index >= 15 is 0 Å².